The van der Waals surface area contributed by atoms with E-state index in [-0.39, 0.29) is 10.8 Å². The van der Waals surface area contributed by atoms with Crippen LogP contribution in [0, 0.1) is 11.7 Å². The topological polar surface area (TPSA) is 29.3 Å². The van der Waals surface area contributed by atoms with E-state index < -0.39 is 0 Å². The van der Waals surface area contributed by atoms with Crippen LogP contribution < -0.4 is 10.6 Å². The van der Waals surface area contributed by atoms with Gasteiger partial charge in [0.05, 0.1) is 5.69 Å². The Balaban J connectivity index is 2.19. The van der Waals surface area contributed by atoms with E-state index in [0.717, 1.165) is 18.8 Å². The van der Waals surface area contributed by atoms with Crippen LogP contribution in [0.1, 0.15) is 38.2 Å². The van der Waals surface area contributed by atoms with Crippen molar-refractivity contribution in [3.8, 4) is 0 Å². The molecule has 2 nitrogen and oxygen atoms in total. The Labute approximate surface area is 119 Å². The second kappa shape index (κ2) is 5.87. The zero-order chi connectivity index (χ0) is 14.0. The molecule has 0 aliphatic heterocycles. The van der Waals surface area contributed by atoms with E-state index in [0.29, 0.717) is 17.3 Å². The molecule has 0 amide bonds. The zero-order valence-corrected chi connectivity index (χ0v) is 12.3. The summed E-state index contributed by atoms with van der Waals surface area (Å²) >= 11 is 4.87. The summed E-state index contributed by atoms with van der Waals surface area (Å²) in [6, 6.07) is 5.43. The zero-order valence-electron chi connectivity index (χ0n) is 11.5. The summed E-state index contributed by atoms with van der Waals surface area (Å²) in [7, 11) is 1.97. The Kier molecular flexibility index (Phi) is 4.40. The quantitative estimate of drug-likeness (QED) is 0.860. The van der Waals surface area contributed by atoms with Crippen molar-refractivity contribution < 1.29 is 4.39 Å². The normalized spacial score (nSPS) is 23.1. The molecule has 4 heteroatoms. The largest absolute Gasteiger partial charge is 0.389 e. The van der Waals surface area contributed by atoms with Crippen molar-refractivity contribution in [2.24, 2.45) is 11.7 Å². The molecule has 0 saturated heterocycles. The van der Waals surface area contributed by atoms with E-state index in [4.69, 9.17) is 18.0 Å². The van der Waals surface area contributed by atoms with Crippen molar-refractivity contribution in [2.75, 3.05) is 11.9 Å². The van der Waals surface area contributed by atoms with Crippen molar-refractivity contribution in [3.05, 3.63) is 29.6 Å². The van der Waals surface area contributed by atoms with Crippen LogP contribution in [-0.4, -0.2) is 18.1 Å². The third-order valence-electron chi connectivity index (χ3n) is 4.07. The van der Waals surface area contributed by atoms with Gasteiger partial charge in [-0.25, -0.2) is 4.39 Å². The average molecular weight is 280 g/mol. The van der Waals surface area contributed by atoms with Gasteiger partial charge < -0.3 is 10.6 Å². The van der Waals surface area contributed by atoms with Crippen LogP contribution in [0.4, 0.5) is 10.1 Å². The minimum absolute atomic E-state index is 0.236. The number of halogens is 1. The van der Waals surface area contributed by atoms with E-state index in [2.05, 4.69) is 11.8 Å². The maximum Gasteiger partial charge on any atom is 0.147 e. The standard InChI is InChI=1S/C15H21FN2S/c1-10-4-3-5-12(8-10)18(2)14-7-6-11(15(17)19)9-13(14)16/h6-7,9-10,12H,3-5,8H2,1-2H3,(H2,17,19). The fourth-order valence-electron chi connectivity index (χ4n) is 2.90. The van der Waals surface area contributed by atoms with E-state index >= 15 is 0 Å². The van der Waals surface area contributed by atoms with Gasteiger partial charge in [-0.05, 0) is 37.0 Å². The maximum absolute atomic E-state index is 14.2. The molecule has 2 rings (SSSR count). The van der Waals surface area contributed by atoms with Crippen molar-refractivity contribution in [1.29, 1.82) is 0 Å². The monoisotopic (exact) mass is 280 g/mol. The first kappa shape index (κ1) is 14.3. The second-order valence-electron chi connectivity index (χ2n) is 5.57. The molecule has 19 heavy (non-hydrogen) atoms. The predicted molar refractivity (Wildman–Crippen MR) is 82.1 cm³/mol. The highest BCUT2D eigenvalue weighted by Crippen LogP contribution is 2.31. The maximum atomic E-state index is 14.2. The van der Waals surface area contributed by atoms with Gasteiger partial charge in [0, 0.05) is 18.7 Å². The Morgan fingerprint density at radius 3 is 2.74 bits per heavy atom. The fraction of sp³-hybridized carbons (Fsp3) is 0.533. The summed E-state index contributed by atoms with van der Waals surface area (Å²) in [6.45, 7) is 2.27. The minimum Gasteiger partial charge on any atom is -0.389 e. The van der Waals surface area contributed by atoms with Gasteiger partial charge in [-0.15, -0.1) is 0 Å². The highest BCUT2D eigenvalue weighted by atomic mass is 32.1. The van der Waals surface area contributed by atoms with E-state index in [1.165, 1.54) is 18.9 Å². The van der Waals surface area contributed by atoms with E-state index in [1.807, 2.05) is 7.05 Å². The van der Waals surface area contributed by atoms with Gasteiger partial charge in [0.2, 0.25) is 0 Å². The van der Waals surface area contributed by atoms with Gasteiger partial charge >= 0.3 is 0 Å². The number of nitrogens with two attached hydrogens (primary N) is 1. The number of benzene rings is 1. The molecule has 0 radical (unpaired) electrons. The van der Waals surface area contributed by atoms with Crippen molar-refractivity contribution in [1.82, 2.24) is 0 Å². The highest BCUT2D eigenvalue weighted by molar-refractivity contribution is 7.80. The lowest BCUT2D eigenvalue weighted by atomic mass is 9.86. The number of hydrogen-bond donors (Lipinski definition) is 1. The summed E-state index contributed by atoms with van der Waals surface area (Å²) in [5.41, 5.74) is 6.74. The summed E-state index contributed by atoms with van der Waals surface area (Å²) in [4.78, 5) is 2.30. The second-order valence-corrected chi connectivity index (χ2v) is 6.01. The average Bonchev–Trinajstić information content (AvgIpc) is 2.37. The Morgan fingerprint density at radius 2 is 2.16 bits per heavy atom. The third kappa shape index (κ3) is 3.24. The van der Waals surface area contributed by atoms with Gasteiger partial charge in [0.25, 0.3) is 0 Å². The van der Waals surface area contributed by atoms with Crippen LogP contribution in [0.25, 0.3) is 0 Å². The Morgan fingerprint density at radius 1 is 1.42 bits per heavy atom. The van der Waals surface area contributed by atoms with Crippen LogP contribution in [0.2, 0.25) is 0 Å². The smallest absolute Gasteiger partial charge is 0.147 e. The molecule has 1 aromatic rings. The molecule has 1 aliphatic carbocycles. The lowest BCUT2D eigenvalue weighted by Gasteiger charge is -2.35. The first-order chi connectivity index (χ1) is 8.99. The van der Waals surface area contributed by atoms with Crippen LogP contribution in [0.15, 0.2) is 18.2 Å². The molecule has 1 fully saturated rings. The molecular weight excluding hydrogens is 259 g/mol. The van der Waals surface area contributed by atoms with Crippen LogP contribution in [0.5, 0.6) is 0 Å². The van der Waals surface area contributed by atoms with Crippen molar-refractivity contribution in [2.45, 2.75) is 38.6 Å². The number of rotatable bonds is 3. The minimum atomic E-state index is -0.244. The predicted octanol–water partition coefficient (Wildman–Crippen LogP) is 3.47. The summed E-state index contributed by atoms with van der Waals surface area (Å²) in [5.74, 6) is 0.478. The SMILES string of the molecule is CC1CCCC(N(C)c2ccc(C(N)=S)cc2F)C1. The molecule has 2 unspecified atom stereocenters. The Hall–Kier alpha value is -1.16. The molecule has 104 valence electrons. The lowest BCUT2D eigenvalue weighted by Crippen LogP contribution is -2.36. The lowest BCUT2D eigenvalue weighted by molar-refractivity contribution is 0.335. The van der Waals surface area contributed by atoms with E-state index in [1.54, 1.807) is 12.1 Å². The fourth-order valence-corrected chi connectivity index (χ4v) is 3.02. The van der Waals surface area contributed by atoms with Gasteiger partial charge in [-0.2, -0.15) is 0 Å². The molecule has 2 atom stereocenters. The Bertz CT molecular complexity index is 475. The van der Waals surface area contributed by atoms with Gasteiger partial charge in [0.15, 0.2) is 0 Å². The van der Waals surface area contributed by atoms with Gasteiger partial charge in [-0.1, -0.05) is 32.0 Å². The molecule has 0 bridgehead atoms. The number of nitrogens with zero attached hydrogens (tertiary/aromatic N) is 1. The molecule has 1 aromatic carbocycles. The number of anilines is 1. The van der Waals surface area contributed by atoms with Crippen molar-refractivity contribution >= 4 is 22.9 Å². The first-order valence-electron chi connectivity index (χ1n) is 6.81. The van der Waals surface area contributed by atoms with Crippen LogP contribution in [0.3, 0.4) is 0 Å². The van der Waals surface area contributed by atoms with Crippen LogP contribution in [-0.2, 0) is 0 Å². The van der Waals surface area contributed by atoms with Gasteiger partial charge in [0.1, 0.15) is 10.8 Å². The summed E-state index contributed by atoms with van der Waals surface area (Å²) < 4.78 is 14.2. The molecule has 1 aliphatic rings. The molecule has 2 N–H and O–H groups in total. The first-order valence-corrected chi connectivity index (χ1v) is 7.22. The molecule has 0 spiro atoms. The highest BCUT2D eigenvalue weighted by Gasteiger charge is 2.24. The van der Waals surface area contributed by atoms with E-state index in [9.17, 15) is 4.39 Å². The number of thiocarbonyl (C=S) groups is 1. The molecule has 0 aromatic heterocycles. The molecular formula is C15H21FN2S. The van der Waals surface area contributed by atoms with Crippen molar-refractivity contribution in [3.63, 3.8) is 0 Å². The van der Waals surface area contributed by atoms with Crippen LogP contribution >= 0.6 is 12.2 Å². The molecule has 0 heterocycles. The summed E-state index contributed by atoms with van der Waals surface area (Å²) in [5, 5.41) is 0. The molecule has 1 saturated carbocycles. The summed E-state index contributed by atoms with van der Waals surface area (Å²) in [6.07, 6.45) is 4.78. The van der Waals surface area contributed by atoms with Gasteiger partial charge in [-0.3, -0.25) is 0 Å². The third-order valence-corrected chi connectivity index (χ3v) is 4.30. The number of hydrogen-bond acceptors (Lipinski definition) is 2.